The molecule has 0 aliphatic rings. The Morgan fingerprint density at radius 1 is 0.882 bits per heavy atom. The van der Waals surface area contributed by atoms with Crippen LogP contribution in [0.15, 0.2) is 49.6 Å². The highest BCUT2D eigenvalue weighted by molar-refractivity contribution is 6.74. The van der Waals surface area contributed by atoms with Crippen molar-refractivity contribution in [2.45, 2.75) is 77.3 Å². The van der Waals surface area contributed by atoms with E-state index < -0.39 is 16.6 Å². The first-order chi connectivity index (χ1) is 15.4. The predicted octanol–water partition coefficient (Wildman–Crippen LogP) is 8.70. The second-order valence-electron chi connectivity index (χ2n) is 12.5. The van der Waals surface area contributed by atoms with E-state index in [0.717, 1.165) is 28.9 Å². The maximum atomic E-state index is 10.7. The molecular weight excluding hydrogens is 450 g/mol. The van der Waals surface area contributed by atoms with Crippen molar-refractivity contribution in [3.05, 3.63) is 60.7 Å². The number of rotatable bonds is 7. The van der Waals surface area contributed by atoms with Crippen LogP contribution in [-0.4, -0.2) is 26.0 Å². The average molecular weight is 494 g/mol. The van der Waals surface area contributed by atoms with E-state index in [1.807, 2.05) is 13.1 Å². The van der Waals surface area contributed by atoms with Crippen LogP contribution in [0, 0.1) is 0 Å². The lowest BCUT2D eigenvalue weighted by atomic mass is 9.96. The smallest absolute Gasteiger partial charge is 0.250 e. The lowest BCUT2D eigenvalue weighted by Gasteiger charge is -2.37. The lowest BCUT2D eigenvalue weighted by Crippen LogP contribution is -2.40. The molecule has 1 heterocycles. The highest BCUT2D eigenvalue weighted by atomic mass is 28.4. The molecule has 3 nitrogen and oxygen atoms in total. The van der Waals surface area contributed by atoms with Crippen LogP contribution in [0.3, 0.4) is 0 Å². The van der Waals surface area contributed by atoms with Crippen LogP contribution >= 0.6 is 0 Å². The minimum Gasteiger partial charge on any atom is -0.543 e. The van der Waals surface area contributed by atoms with E-state index in [-0.39, 0.29) is 10.1 Å². The SMILES string of the molecule is C=C(CC(C)(C)[Si](C)(C)O)c1ccc2c3ccc(C(=C)O[Si](C)(C)C(C)(C)C)cc3n(C)c2c1. The summed E-state index contributed by atoms with van der Waals surface area (Å²) in [7, 11) is -2.13. The number of nitrogens with zero attached hydrogens (tertiary/aromatic N) is 1. The van der Waals surface area contributed by atoms with Crippen LogP contribution < -0.4 is 0 Å². The van der Waals surface area contributed by atoms with Crippen LogP contribution in [0.25, 0.3) is 33.1 Å². The van der Waals surface area contributed by atoms with Gasteiger partial charge in [0.2, 0.25) is 8.32 Å². The fourth-order valence-corrected chi connectivity index (χ4v) is 5.65. The Hall–Kier alpha value is -2.09. The van der Waals surface area contributed by atoms with Crippen molar-refractivity contribution in [2.75, 3.05) is 0 Å². The standard InChI is InChI=1S/C29H43NO2Si2/c1-20(19-29(6,7)33(9,10)31)22-13-15-24-25-16-14-23(18-27(25)30(8)26(24)17-22)21(2)32-34(11,12)28(3,4)5/h13-18,31H,1-2,19H2,3-12H3. The van der Waals surface area contributed by atoms with Gasteiger partial charge in [0.1, 0.15) is 5.76 Å². The van der Waals surface area contributed by atoms with Crippen molar-refractivity contribution >= 4 is 49.8 Å². The first kappa shape index (κ1) is 26.5. The van der Waals surface area contributed by atoms with Crippen molar-refractivity contribution < 1.29 is 9.22 Å². The Morgan fingerprint density at radius 3 is 1.82 bits per heavy atom. The predicted molar refractivity (Wildman–Crippen MR) is 155 cm³/mol. The van der Waals surface area contributed by atoms with Gasteiger partial charge in [-0.2, -0.15) is 0 Å². The van der Waals surface area contributed by atoms with Gasteiger partial charge in [-0.15, -0.1) is 0 Å². The third kappa shape index (κ3) is 4.84. The van der Waals surface area contributed by atoms with E-state index >= 15 is 0 Å². The summed E-state index contributed by atoms with van der Waals surface area (Å²) < 4.78 is 8.73. The number of hydrogen-bond donors (Lipinski definition) is 1. The Morgan fingerprint density at radius 2 is 1.35 bits per heavy atom. The number of aromatic nitrogens is 1. The van der Waals surface area contributed by atoms with E-state index in [2.05, 4.69) is 109 Å². The first-order valence-corrected chi connectivity index (χ1v) is 18.0. The van der Waals surface area contributed by atoms with Crippen molar-refractivity contribution in [3.63, 3.8) is 0 Å². The average Bonchev–Trinajstić information content (AvgIpc) is 2.97. The lowest BCUT2D eigenvalue weighted by molar-refractivity contribution is 0.459. The zero-order valence-corrected chi connectivity index (χ0v) is 24.9. The second kappa shape index (κ2) is 8.54. The molecule has 0 bridgehead atoms. The molecule has 0 aliphatic heterocycles. The summed E-state index contributed by atoms with van der Waals surface area (Å²) in [6.45, 7) is 28.2. The zero-order chi connectivity index (χ0) is 25.9. The summed E-state index contributed by atoms with van der Waals surface area (Å²) in [5, 5.41) is 2.44. The normalized spacial score (nSPS) is 13.5. The Labute approximate surface area is 208 Å². The Kier molecular flexibility index (Phi) is 6.66. The maximum absolute atomic E-state index is 10.7. The van der Waals surface area contributed by atoms with Crippen LogP contribution in [-0.2, 0) is 11.5 Å². The van der Waals surface area contributed by atoms with Gasteiger partial charge in [0.05, 0.1) is 0 Å². The van der Waals surface area contributed by atoms with Gasteiger partial charge in [-0.1, -0.05) is 72.0 Å². The molecule has 0 saturated heterocycles. The van der Waals surface area contributed by atoms with Gasteiger partial charge >= 0.3 is 0 Å². The van der Waals surface area contributed by atoms with Crippen LogP contribution in [0.2, 0.25) is 36.3 Å². The molecule has 3 aromatic rings. The van der Waals surface area contributed by atoms with Crippen LogP contribution in [0.1, 0.15) is 52.2 Å². The Bertz CT molecular complexity index is 1170. The number of allylic oxidation sites excluding steroid dienone is 1. The molecule has 5 heteroatoms. The van der Waals surface area contributed by atoms with E-state index in [0.29, 0.717) is 0 Å². The molecule has 34 heavy (non-hydrogen) atoms. The molecule has 1 aromatic heterocycles. The largest absolute Gasteiger partial charge is 0.543 e. The van der Waals surface area contributed by atoms with Gasteiger partial charge in [-0.05, 0) is 66.0 Å². The van der Waals surface area contributed by atoms with Gasteiger partial charge in [-0.3, -0.25) is 0 Å². The fourth-order valence-electron chi connectivity index (χ4n) is 3.97. The van der Waals surface area contributed by atoms with Gasteiger partial charge in [0.25, 0.3) is 0 Å². The molecule has 0 amide bonds. The molecule has 1 N–H and O–H groups in total. The summed E-state index contributed by atoms with van der Waals surface area (Å²) in [4.78, 5) is 10.7. The van der Waals surface area contributed by atoms with Crippen molar-refractivity contribution in [2.24, 2.45) is 7.05 Å². The zero-order valence-electron chi connectivity index (χ0n) is 22.9. The number of aryl methyl sites for hydroxylation is 1. The highest BCUT2D eigenvalue weighted by Gasteiger charge is 2.39. The molecule has 3 rings (SSSR count). The van der Waals surface area contributed by atoms with Crippen LogP contribution in [0.4, 0.5) is 0 Å². The van der Waals surface area contributed by atoms with Crippen molar-refractivity contribution in [3.8, 4) is 0 Å². The summed E-state index contributed by atoms with van der Waals surface area (Å²) in [5.74, 6) is 0.755. The maximum Gasteiger partial charge on any atom is 0.250 e. The quantitative estimate of drug-likeness (QED) is 0.264. The van der Waals surface area contributed by atoms with Gasteiger partial charge < -0.3 is 13.8 Å². The Balaban J connectivity index is 1.99. The van der Waals surface area contributed by atoms with Crippen molar-refractivity contribution in [1.82, 2.24) is 4.57 Å². The molecule has 0 spiro atoms. The molecule has 0 radical (unpaired) electrons. The van der Waals surface area contributed by atoms with Crippen molar-refractivity contribution in [1.29, 1.82) is 0 Å². The van der Waals surface area contributed by atoms with E-state index in [4.69, 9.17) is 4.43 Å². The molecule has 0 fully saturated rings. The minimum atomic E-state index is -2.30. The first-order valence-electron chi connectivity index (χ1n) is 12.2. The van der Waals surface area contributed by atoms with E-state index in [9.17, 15) is 4.80 Å². The summed E-state index contributed by atoms with van der Waals surface area (Å²) in [6, 6.07) is 13.1. The molecular formula is C29H43NO2Si2. The molecule has 0 aliphatic carbocycles. The third-order valence-corrected chi connectivity index (χ3v) is 16.1. The molecule has 0 unspecified atom stereocenters. The molecule has 0 atom stereocenters. The summed E-state index contributed by atoms with van der Waals surface area (Å²) in [5.41, 5.74) is 5.59. The van der Waals surface area contributed by atoms with Gasteiger partial charge in [0, 0.05) is 34.4 Å². The minimum absolute atomic E-state index is 0.126. The van der Waals surface area contributed by atoms with Gasteiger partial charge in [-0.25, -0.2) is 0 Å². The summed E-state index contributed by atoms with van der Waals surface area (Å²) in [6.07, 6.45) is 0.785. The molecule has 2 aromatic carbocycles. The van der Waals surface area contributed by atoms with Crippen LogP contribution in [0.5, 0.6) is 0 Å². The number of fused-ring (bicyclic) bond motifs is 3. The fraction of sp³-hybridized carbons (Fsp3) is 0.448. The van der Waals surface area contributed by atoms with E-state index in [1.165, 1.54) is 21.8 Å². The number of benzene rings is 2. The highest BCUT2D eigenvalue weighted by Crippen LogP contribution is 2.44. The monoisotopic (exact) mass is 493 g/mol. The topological polar surface area (TPSA) is 34.4 Å². The van der Waals surface area contributed by atoms with Gasteiger partial charge in [0.15, 0.2) is 8.32 Å². The number of hydrogen-bond acceptors (Lipinski definition) is 2. The second-order valence-corrected chi connectivity index (χ2v) is 21.7. The summed E-state index contributed by atoms with van der Waals surface area (Å²) >= 11 is 0. The molecule has 0 saturated carbocycles. The van der Waals surface area contributed by atoms with E-state index in [1.54, 1.807) is 0 Å². The molecule has 184 valence electrons. The third-order valence-electron chi connectivity index (χ3n) is 8.23.